The number of benzene rings is 1. The average molecular weight is 377 g/mol. The third kappa shape index (κ3) is 7.46. The number of nitrogens with zero attached hydrogens (tertiary/aromatic N) is 1. The van der Waals surface area contributed by atoms with Crippen molar-refractivity contribution in [3.63, 3.8) is 0 Å². The minimum atomic E-state index is -0.128. The van der Waals surface area contributed by atoms with Gasteiger partial charge in [0.15, 0.2) is 0 Å². The molecule has 8 heteroatoms. The lowest BCUT2D eigenvalue weighted by atomic mass is 10.1. The highest BCUT2D eigenvalue weighted by Gasteiger charge is 2.29. The standard InChI is InChI=1S/C19H27N3O5/c20-9-12-27-14-13-26-11-8-17(23)21-16-4-1-15(2-5-16)3-6-18(24)22-10-7-19(22)25/h1-2,4-5H,3,6-14,20H2,(H,21,23). The van der Waals surface area contributed by atoms with E-state index in [1.807, 2.05) is 12.1 Å². The van der Waals surface area contributed by atoms with E-state index < -0.39 is 0 Å². The molecule has 0 unspecified atom stereocenters. The number of carbonyl (C=O) groups excluding carboxylic acids is 3. The Balaban J connectivity index is 1.61. The maximum atomic E-state index is 11.9. The Morgan fingerprint density at radius 2 is 1.74 bits per heavy atom. The summed E-state index contributed by atoms with van der Waals surface area (Å²) in [6.45, 7) is 2.75. The average Bonchev–Trinajstić information content (AvgIpc) is 2.65. The number of carbonyl (C=O) groups is 3. The molecule has 0 saturated carbocycles. The first-order valence-corrected chi connectivity index (χ1v) is 9.17. The van der Waals surface area contributed by atoms with Gasteiger partial charge < -0.3 is 20.5 Å². The van der Waals surface area contributed by atoms with E-state index in [-0.39, 0.29) is 24.1 Å². The Bertz CT molecular complexity index is 633. The fraction of sp³-hybridized carbons (Fsp3) is 0.526. The highest BCUT2D eigenvalue weighted by atomic mass is 16.5. The predicted octanol–water partition coefficient (Wildman–Crippen LogP) is 0.699. The van der Waals surface area contributed by atoms with E-state index in [9.17, 15) is 14.4 Å². The van der Waals surface area contributed by atoms with Crippen molar-refractivity contribution in [3.05, 3.63) is 29.8 Å². The molecule has 1 aliphatic heterocycles. The summed E-state index contributed by atoms with van der Waals surface area (Å²) in [5.41, 5.74) is 6.97. The molecule has 1 fully saturated rings. The summed E-state index contributed by atoms with van der Waals surface area (Å²) in [5.74, 6) is -0.348. The highest BCUT2D eigenvalue weighted by Crippen LogP contribution is 2.14. The van der Waals surface area contributed by atoms with Crippen molar-refractivity contribution in [2.75, 3.05) is 44.8 Å². The van der Waals surface area contributed by atoms with E-state index in [4.69, 9.17) is 15.2 Å². The summed E-state index contributed by atoms with van der Waals surface area (Å²) in [6, 6.07) is 7.33. The van der Waals surface area contributed by atoms with Crippen LogP contribution < -0.4 is 11.1 Å². The Morgan fingerprint density at radius 3 is 2.33 bits per heavy atom. The second kappa shape index (κ2) is 11.4. The number of amides is 3. The van der Waals surface area contributed by atoms with Gasteiger partial charge in [-0.3, -0.25) is 19.3 Å². The topological polar surface area (TPSA) is 111 Å². The second-order valence-electron chi connectivity index (χ2n) is 6.20. The van der Waals surface area contributed by atoms with Gasteiger partial charge in [-0.25, -0.2) is 0 Å². The van der Waals surface area contributed by atoms with Gasteiger partial charge in [-0.15, -0.1) is 0 Å². The number of hydrogen-bond acceptors (Lipinski definition) is 6. The molecule has 1 aliphatic rings. The SMILES string of the molecule is NCCOCCOCCC(=O)Nc1ccc(CCC(=O)N2CCC2=O)cc1. The van der Waals surface area contributed by atoms with E-state index in [1.165, 1.54) is 4.90 Å². The van der Waals surface area contributed by atoms with Crippen molar-refractivity contribution in [2.45, 2.75) is 25.7 Å². The zero-order valence-corrected chi connectivity index (χ0v) is 15.4. The van der Waals surface area contributed by atoms with Gasteiger partial charge in [0.05, 0.1) is 32.8 Å². The molecule has 3 N–H and O–H groups in total. The Labute approximate surface area is 159 Å². The Hall–Kier alpha value is -2.29. The third-order valence-electron chi connectivity index (χ3n) is 4.12. The molecule has 0 aromatic heterocycles. The lowest BCUT2D eigenvalue weighted by molar-refractivity contribution is -0.152. The Kier molecular flexibility index (Phi) is 8.90. The third-order valence-corrected chi connectivity index (χ3v) is 4.12. The molecular formula is C19H27N3O5. The maximum Gasteiger partial charge on any atom is 0.230 e. The lowest BCUT2D eigenvalue weighted by Gasteiger charge is -2.28. The molecule has 2 rings (SSSR count). The van der Waals surface area contributed by atoms with Crippen LogP contribution in [-0.2, 0) is 30.3 Å². The van der Waals surface area contributed by atoms with E-state index in [2.05, 4.69) is 5.32 Å². The number of hydrogen-bond donors (Lipinski definition) is 2. The quantitative estimate of drug-likeness (QED) is 0.410. The Morgan fingerprint density at radius 1 is 1.04 bits per heavy atom. The molecule has 1 heterocycles. The molecule has 0 spiro atoms. The number of aryl methyl sites for hydroxylation is 1. The highest BCUT2D eigenvalue weighted by molar-refractivity contribution is 5.99. The molecule has 1 aromatic rings. The van der Waals surface area contributed by atoms with Crippen molar-refractivity contribution >= 4 is 23.4 Å². The zero-order valence-electron chi connectivity index (χ0n) is 15.4. The van der Waals surface area contributed by atoms with Gasteiger partial charge in [0, 0.05) is 31.6 Å². The van der Waals surface area contributed by atoms with Gasteiger partial charge in [0.25, 0.3) is 0 Å². The molecular weight excluding hydrogens is 350 g/mol. The minimum Gasteiger partial charge on any atom is -0.379 e. The number of ether oxygens (including phenoxy) is 2. The molecule has 0 bridgehead atoms. The van der Waals surface area contributed by atoms with Crippen molar-refractivity contribution < 1.29 is 23.9 Å². The van der Waals surface area contributed by atoms with Crippen LogP contribution in [0.5, 0.6) is 0 Å². The van der Waals surface area contributed by atoms with Gasteiger partial charge in [0.2, 0.25) is 17.7 Å². The van der Waals surface area contributed by atoms with Crippen LogP contribution >= 0.6 is 0 Å². The molecule has 27 heavy (non-hydrogen) atoms. The van der Waals surface area contributed by atoms with Gasteiger partial charge in [-0.1, -0.05) is 12.1 Å². The van der Waals surface area contributed by atoms with Crippen molar-refractivity contribution in [2.24, 2.45) is 5.73 Å². The van der Waals surface area contributed by atoms with Crippen LogP contribution in [0, 0.1) is 0 Å². The van der Waals surface area contributed by atoms with Crippen molar-refractivity contribution in [3.8, 4) is 0 Å². The van der Waals surface area contributed by atoms with E-state index >= 15 is 0 Å². The fourth-order valence-corrected chi connectivity index (χ4v) is 2.51. The number of anilines is 1. The van der Waals surface area contributed by atoms with E-state index in [1.54, 1.807) is 12.1 Å². The van der Waals surface area contributed by atoms with Gasteiger partial charge in [-0.2, -0.15) is 0 Å². The molecule has 148 valence electrons. The van der Waals surface area contributed by atoms with Crippen LogP contribution in [0.1, 0.15) is 24.8 Å². The largest absolute Gasteiger partial charge is 0.379 e. The molecule has 0 aliphatic carbocycles. The van der Waals surface area contributed by atoms with Crippen LogP contribution in [-0.4, -0.2) is 62.1 Å². The fourth-order valence-electron chi connectivity index (χ4n) is 2.51. The van der Waals surface area contributed by atoms with Crippen LogP contribution in [0.3, 0.4) is 0 Å². The number of nitrogens with one attached hydrogen (secondary N) is 1. The van der Waals surface area contributed by atoms with Gasteiger partial charge in [0.1, 0.15) is 0 Å². The minimum absolute atomic E-state index is 0.0925. The summed E-state index contributed by atoms with van der Waals surface area (Å²) in [6.07, 6.45) is 1.60. The van der Waals surface area contributed by atoms with E-state index in [0.717, 1.165) is 5.56 Å². The normalized spacial score (nSPS) is 13.4. The summed E-state index contributed by atoms with van der Waals surface area (Å²) >= 11 is 0. The zero-order chi connectivity index (χ0) is 19.5. The van der Waals surface area contributed by atoms with Crippen molar-refractivity contribution in [1.82, 2.24) is 4.90 Å². The van der Waals surface area contributed by atoms with Gasteiger partial charge in [-0.05, 0) is 24.1 Å². The van der Waals surface area contributed by atoms with Gasteiger partial charge >= 0.3 is 0 Å². The van der Waals surface area contributed by atoms with Crippen LogP contribution in [0.25, 0.3) is 0 Å². The number of likely N-dealkylation sites (tertiary alicyclic amines) is 1. The predicted molar refractivity (Wildman–Crippen MR) is 100 cm³/mol. The monoisotopic (exact) mass is 377 g/mol. The first-order valence-electron chi connectivity index (χ1n) is 9.17. The number of imide groups is 1. The summed E-state index contributed by atoms with van der Waals surface area (Å²) in [7, 11) is 0. The second-order valence-corrected chi connectivity index (χ2v) is 6.20. The van der Waals surface area contributed by atoms with Crippen LogP contribution in [0.15, 0.2) is 24.3 Å². The van der Waals surface area contributed by atoms with Crippen molar-refractivity contribution in [1.29, 1.82) is 0 Å². The van der Waals surface area contributed by atoms with Crippen LogP contribution in [0.4, 0.5) is 5.69 Å². The molecule has 0 radical (unpaired) electrons. The first kappa shape index (κ1) is 21.0. The number of β-lactam (4-membered cyclic amide) rings is 1. The molecule has 3 amide bonds. The molecule has 1 aromatic carbocycles. The lowest BCUT2D eigenvalue weighted by Crippen LogP contribution is -2.47. The molecule has 1 saturated heterocycles. The molecule has 8 nitrogen and oxygen atoms in total. The first-order chi connectivity index (χ1) is 13.1. The van der Waals surface area contributed by atoms with E-state index in [0.29, 0.717) is 64.5 Å². The maximum absolute atomic E-state index is 11.9. The molecule has 0 atom stereocenters. The smallest absolute Gasteiger partial charge is 0.230 e. The summed E-state index contributed by atoms with van der Waals surface area (Å²) in [4.78, 5) is 36.2. The van der Waals surface area contributed by atoms with Crippen LogP contribution in [0.2, 0.25) is 0 Å². The summed E-state index contributed by atoms with van der Waals surface area (Å²) in [5, 5.41) is 2.80. The number of rotatable bonds is 12. The summed E-state index contributed by atoms with van der Waals surface area (Å²) < 4.78 is 10.5. The number of nitrogens with two attached hydrogens (primary N) is 1.